The number of amides is 1. The molecule has 2 aliphatic rings. The Morgan fingerprint density at radius 3 is 2.81 bits per heavy atom. The van der Waals surface area contributed by atoms with Gasteiger partial charge in [0.25, 0.3) is 0 Å². The number of thioether (sulfide) groups is 1. The van der Waals surface area contributed by atoms with Gasteiger partial charge in [-0.15, -0.1) is 11.8 Å². The molecule has 1 aromatic carbocycles. The Hall–Kier alpha value is -1.20. The fraction of sp³-hybridized carbons (Fsp3) is 0.562. The first-order valence-electron chi connectivity index (χ1n) is 7.63. The molecule has 0 aromatic heterocycles. The van der Waals surface area contributed by atoms with Crippen molar-refractivity contribution in [2.45, 2.75) is 17.7 Å². The van der Waals surface area contributed by atoms with Crippen LogP contribution in [0.3, 0.4) is 0 Å². The van der Waals surface area contributed by atoms with Crippen LogP contribution in [0.15, 0.2) is 29.2 Å². The predicted octanol–water partition coefficient (Wildman–Crippen LogP) is 2.65. The van der Waals surface area contributed by atoms with Crippen LogP contribution in [0.2, 0.25) is 0 Å². The van der Waals surface area contributed by atoms with Crippen LogP contribution in [0.5, 0.6) is 0 Å². The van der Waals surface area contributed by atoms with Crippen molar-refractivity contribution in [1.82, 2.24) is 9.80 Å². The molecule has 2 aliphatic heterocycles. The second-order valence-electron chi connectivity index (χ2n) is 5.53. The summed E-state index contributed by atoms with van der Waals surface area (Å²) in [6.07, 6.45) is -0.168. The molecule has 4 nitrogen and oxygen atoms in total. The van der Waals surface area contributed by atoms with E-state index >= 15 is 0 Å². The lowest BCUT2D eigenvalue weighted by molar-refractivity contribution is 0.0786. The summed E-state index contributed by atoms with van der Waals surface area (Å²) in [6, 6.07) is 8.73. The highest BCUT2D eigenvalue weighted by molar-refractivity contribution is 7.99. The molecule has 114 valence electrons. The van der Waals surface area contributed by atoms with Crippen LogP contribution >= 0.6 is 11.8 Å². The SMILES string of the molecule is CCOC(=O)N1CCN(CC2CSc3ccccc32)CC1. The van der Waals surface area contributed by atoms with Crippen LogP contribution in [0.25, 0.3) is 0 Å². The number of rotatable bonds is 3. The van der Waals surface area contributed by atoms with Gasteiger partial charge in [-0.2, -0.15) is 0 Å². The molecule has 0 spiro atoms. The second-order valence-corrected chi connectivity index (χ2v) is 6.59. The third-order valence-electron chi connectivity index (χ3n) is 4.18. The molecule has 21 heavy (non-hydrogen) atoms. The molecule has 1 aromatic rings. The first-order valence-corrected chi connectivity index (χ1v) is 8.62. The molecule has 1 fully saturated rings. The molecule has 5 heteroatoms. The van der Waals surface area contributed by atoms with E-state index < -0.39 is 0 Å². The maximum atomic E-state index is 11.7. The minimum Gasteiger partial charge on any atom is -0.450 e. The molecule has 0 N–H and O–H groups in total. The Morgan fingerprint density at radius 1 is 1.29 bits per heavy atom. The van der Waals surface area contributed by atoms with Crippen molar-refractivity contribution in [3.8, 4) is 0 Å². The van der Waals surface area contributed by atoms with Crippen LogP contribution in [0.4, 0.5) is 4.79 Å². The van der Waals surface area contributed by atoms with E-state index in [1.807, 2.05) is 23.6 Å². The standard InChI is InChI=1S/C16H22N2O2S/c1-2-20-16(19)18-9-7-17(8-10-18)11-13-12-21-15-6-4-3-5-14(13)15/h3-6,13H,2,7-12H2,1H3. The smallest absolute Gasteiger partial charge is 0.409 e. The number of benzene rings is 1. The number of nitrogens with zero attached hydrogens (tertiary/aromatic N) is 2. The zero-order valence-electron chi connectivity index (χ0n) is 12.5. The van der Waals surface area contributed by atoms with Gasteiger partial charge in [-0.1, -0.05) is 18.2 Å². The van der Waals surface area contributed by atoms with E-state index in [0.29, 0.717) is 12.5 Å². The quantitative estimate of drug-likeness (QED) is 0.859. The summed E-state index contributed by atoms with van der Waals surface area (Å²) >= 11 is 1.97. The van der Waals surface area contributed by atoms with E-state index in [2.05, 4.69) is 29.2 Å². The van der Waals surface area contributed by atoms with E-state index in [-0.39, 0.29) is 6.09 Å². The lowest BCUT2D eigenvalue weighted by atomic mass is 10.0. The van der Waals surface area contributed by atoms with Gasteiger partial charge in [-0.25, -0.2) is 4.79 Å². The minimum atomic E-state index is -0.168. The molecule has 1 saturated heterocycles. The first kappa shape index (κ1) is 14.7. The summed E-state index contributed by atoms with van der Waals surface area (Å²) in [6.45, 7) is 6.85. The maximum absolute atomic E-state index is 11.7. The number of carbonyl (C=O) groups is 1. The summed E-state index contributed by atoms with van der Waals surface area (Å²) < 4.78 is 5.06. The van der Waals surface area contributed by atoms with E-state index in [9.17, 15) is 4.79 Å². The summed E-state index contributed by atoms with van der Waals surface area (Å²) in [5, 5.41) is 0. The lowest BCUT2D eigenvalue weighted by Gasteiger charge is -2.35. The highest BCUT2D eigenvalue weighted by atomic mass is 32.2. The number of carbonyl (C=O) groups excluding carboxylic acids is 1. The summed E-state index contributed by atoms with van der Waals surface area (Å²) in [7, 11) is 0. The monoisotopic (exact) mass is 306 g/mol. The predicted molar refractivity (Wildman–Crippen MR) is 84.9 cm³/mol. The number of hydrogen-bond donors (Lipinski definition) is 0. The van der Waals surface area contributed by atoms with Crippen molar-refractivity contribution >= 4 is 17.9 Å². The van der Waals surface area contributed by atoms with Gasteiger partial charge in [0.05, 0.1) is 6.61 Å². The van der Waals surface area contributed by atoms with Crippen molar-refractivity contribution in [1.29, 1.82) is 0 Å². The molecule has 0 saturated carbocycles. The van der Waals surface area contributed by atoms with Crippen molar-refractivity contribution < 1.29 is 9.53 Å². The Morgan fingerprint density at radius 2 is 2.05 bits per heavy atom. The molecule has 2 heterocycles. The fourth-order valence-electron chi connectivity index (χ4n) is 3.02. The zero-order chi connectivity index (χ0) is 14.7. The van der Waals surface area contributed by atoms with Gasteiger partial charge in [-0.3, -0.25) is 4.90 Å². The lowest BCUT2D eigenvalue weighted by Crippen LogP contribution is -2.49. The molecular weight excluding hydrogens is 284 g/mol. The maximum Gasteiger partial charge on any atom is 0.409 e. The average molecular weight is 306 g/mol. The van der Waals surface area contributed by atoms with Gasteiger partial charge in [0.15, 0.2) is 0 Å². The van der Waals surface area contributed by atoms with Gasteiger partial charge in [0, 0.05) is 49.3 Å². The fourth-order valence-corrected chi connectivity index (χ4v) is 4.26. The van der Waals surface area contributed by atoms with E-state index in [1.165, 1.54) is 16.2 Å². The molecule has 1 amide bonds. The first-order chi connectivity index (χ1) is 10.3. The molecule has 1 unspecified atom stereocenters. The molecule has 0 radical (unpaired) electrons. The highest BCUT2D eigenvalue weighted by Gasteiger charge is 2.27. The van der Waals surface area contributed by atoms with Crippen LogP contribution in [-0.2, 0) is 4.74 Å². The van der Waals surface area contributed by atoms with Crippen LogP contribution < -0.4 is 0 Å². The number of hydrogen-bond acceptors (Lipinski definition) is 4. The summed E-state index contributed by atoms with van der Waals surface area (Å²) in [5.74, 6) is 1.80. The van der Waals surface area contributed by atoms with E-state index in [0.717, 1.165) is 32.7 Å². The molecular formula is C16H22N2O2S. The topological polar surface area (TPSA) is 32.8 Å². The second kappa shape index (κ2) is 6.71. The molecule has 1 atom stereocenters. The largest absolute Gasteiger partial charge is 0.450 e. The Balaban J connectivity index is 1.51. The van der Waals surface area contributed by atoms with Gasteiger partial charge < -0.3 is 9.64 Å². The zero-order valence-corrected chi connectivity index (χ0v) is 13.3. The molecule has 0 aliphatic carbocycles. The third-order valence-corrected chi connectivity index (χ3v) is 5.43. The van der Waals surface area contributed by atoms with Crippen LogP contribution in [0.1, 0.15) is 18.4 Å². The molecule has 0 bridgehead atoms. The van der Waals surface area contributed by atoms with Crippen molar-refractivity contribution in [3.63, 3.8) is 0 Å². The Labute approximate surface area is 130 Å². The minimum absolute atomic E-state index is 0.168. The number of fused-ring (bicyclic) bond motifs is 1. The highest BCUT2D eigenvalue weighted by Crippen LogP contribution is 2.39. The van der Waals surface area contributed by atoms with Crippen molar-refractivity contribution in [2.75, 3.05) is 45.1 Å². The average Bonchev–Trinajstić information content (AvgIpc) is 2.92. The van der Waals surface area contributed by atoms with Gasteiger partial charge in [0.2, 0.25) is 0 Å². The van der Waals surface area contributed by atoms with E-state index in [1.54, 1.807) is 0 Å². The third kappa shape index (κ3) is 3.35. The summed E-state index contributed by atoms with van der Waals surface area (Å²) in [5.41, 5.74) is 1.50. The van der Waals surface area contributed by atoms with Crippen LogP contribution in [-0.4, -0.2) is 61.0 Å². The van der Waals surface area contributed by atoms with Crippen LogP contribution in [0, 0.1) is 0 Å². The van der Waals surface area contributed by atoms with Crippen molar-refractivity contribution in [2.24, 2.45) is 0 Å². The normalized spacial score (nSPS) is 22.1. The van der Waals surface area contributed by atoms with Gasteiger partial charge in [0.1, 0.15) is 0 Å². The van der Waals surface area contributed by atoms with E-state index in [4.69, 9.17) is 4.74 Å². The Kier molecular flexibility index (Phi) is 4.70. The molecule has 3 rings (SSSR count). The Bertz CT molecular complexity index is 501. The summed E-state index contributed by atoms with van der Waals surface area (Å²) in [4.78, 5) is 17.4. The number of piperazine rings is 1. The van der Waals surface area contributed by atoms with Gasteiger partial charge in [-0.05, 0) is 18.6 Å². The van der Waals surface area contributed by atoms with Gasteiger partial charge >= 0.3 is 6.09 Å². The number of ether oxygens (including phenoxy) is 1. The van der Waals surface area contributed by atoms with Crippen molar-refractivity contribution in [3.05, 3.63) is 29.8 Å².